The number of hydrogen-bond donors (Lipinski definition) is 1. The minimum Gasteiger partial charge on any atom is -0.383 e. The summed E-state index contributed by atoms with van der Waals surface area (Å²) >= 11 is 1.65. The van der Waals surface area contributed by atoms with Crippen molar-refractivity contribution in [1.29, 1.82) is 0 Å². The SMILES string of the molecule is CNc1ccc(CSC)cc1[N+](=O)[O-]. The van der Waals surface area contributed by atoms with E-state index in [9.17, 15) is 10.1 Å². The predicted octanol–water partition coefficient (Wildman–Crippen LogP) is 2.50. The highest BCUT2D eigenvalue weighted by Gasteiger charge is 2.12. The van der Waals surface area contributed by atoms with E-state index in [0.29, 0.717) is 5.69 Å². The lowest BCUT2D eigenvalue weighted by Crippen LogP contribution is -1.97. The van der Waals surface area contributed by atoms with Gasteiger partial charge in [0.25, 0.3) is 5.69 Å². The van der Waals surface area contributed by atoms with Gasteiger partial charge in [-0.25, -0.2) is 0 Å². The molecule has 0 amide bonds. The molecule has 1 aromatic carbocycles. The zero-order valence-corrected chi connectivity index (χ0v) is 8.93. The lowest BCUT2D eigenvalue weighted by molar-refractivity contribution is -0.384. The summed E-state index contributed by atoms with van der Waals surface area (Å²) in [7, 11) is 1.68. The van der Waals surface area contributed by atoms with Gasteiger partial charge in [0, 0.05) is 18.9 Å². The molecule has 5 heteroatoms. The van der Waals surface area contributed by atoms with Crippen molar-refractivity contribution >= 4 is 23.1 Å². The number of anilines is 1. The molecule has 1 aromatic rings. The quantitative estimate of drug-likeness (QED) is 0.615. The van der Waals surface area contributed by atoms with Crippen molar-refractivity contribution in [1.82, 2.24) is 0 Å². The molecule has 1 N–H and O–H groups in total. The van der Waals surface area contributed by atoms with E-state index in [1.165, 1.54) is 0 Å². The van der Waals surface area contributed by atoms with Crippen molar-refractivity contribution in [3.63, 3.8) is 0 Å². The highest BCUT2D eigenvalue weighted by Crippen LogP contribution is 2.26. The minimum atomic E-state index is -0.365. The van der Waals surface area contributed by atoms with E-state index in [2.05, 4.69) is 5.32 Å². The van der Waals surface area contributed by atoms with Gasteiger partial charge in [0.2, 0.25) is 0 Å². The Morgan fingerprint density at radius 3 is 2.79 bits per heavy atom. The van der Waals surface area contributed by atoms with Crippen molar-refractivity contribution in [3.8, 4) is 0 Å². The van der Waals surface area contributed by atoms with Crippen molar-refractivity contribution in [2.75, 3.05) is 18.6 Å². The third-order valence-corrected chi connectivity index (χ3v) is 2.46. The second-order valence-corrected chi connectivity index (χ2v) is 3.66. The summed E-state index contributed by atoms with van der Waals surface area (Å²) in [6.45, 7) is 0. The van der Waals surface area contributed by atoms with Crippen LogP contribution in [0.1, 0.15) is 5.56 Å². The Labute approximate surface area is 86.9 Å². The van der Waals surface area contributed by atoms with Crippen LogP contribution in [-0.2, 0) is 5.75 Å². The molecule has 0 aliphatic heterocycles. The second kappa shape index (κ2) is 4.85. The fourth-order valence-electron chi connectivity index (χ4n) is 1.20. The zero-order chi connectivity index (χ0) is 10.6. The molecule has 4 nitrogen and oxygen atoms in total. The van der Waals surface area contributed by atoms with Gasteiger partial charge in [0.1, 0.15) is 5.69 Å². The third-order valence-electron chi connectivity index (χ3n) is 1.84. The summed E-state index contributed by atoms with van der Waals surface area (Å²) in [5.41, 5.74) is 1.67. The molecule has 0 fully saturated rings. The summed E-state index contributed by atoms with van der Waals surface area (Å²) in [6, 6.07) is 5.25. The molecule has 76 valence electrons. The largest absolute Gasteiger partial charge is 0.383 e. The highest BCUT2D eigenvalue weighted by molar-refractivity contribution is 7.97. The van der Waals surface area contributed by atoms with Crippen LogP contribution in [-0.4, -0.2) is 18.2 Å². The molecule has 0 spiro atoms. The maximum absolute atomic E-state index is 10.7. The maximum Gasteiger partial charge on any atom is 0.292 e. The van der Waals surface area contributed by atoms with Crippen molar-refractivity contribution in [3.05, 3.63) is 33.9 Å². The summed E-state index contributed by atoms with van der Waals surface area (Å²) in [5, 5.41) is 13.5. The Balaban J connectivity index is 3.07. The summed E-state index contributed by atoms with van der Waals surface area (Å²) in [4.78, 5) is 10.3. The first kappa shape index (κ1) is 10.8. The van der Waals surface area contributed by atoms with E-state index >= 15 is 0 Å². The Bertz CT molecular complexity index is 342. The van der Waals surface area contributed by atoms with Crippen molar-refractivity contribution in [2.24, 2.45) is 0 Å². The Morgan fingerprint density at radius 1 is 1.57 bits per heavy atom. The second-order valence-electron chi connectivity index (χ2n) is 2.79. The van der Waals surface area contributed by atoms with Crippen LogP contribution in [0.2, 0.25) is 0 Å². The number of hydrogen-bond acceptors (Lipinski definition) is 4. The molecule has 0 heterocycles. The number of rotatable bonds is 4. The van der Waals surface area contributed by atoms with Crippen molar-refractivity contribution < 1.29 is 4.92 Å². The number of nitro benzene ring substituents is 1. The smallest absolute Gasteiger partial charge is 0.292 e. The van der Waals surface area contributed by atoms with Gasteiger partial charge in [-0.05, 0) is 17.9 Å². The van der Waals surface area contributed by atoms with E-state index in [1.54, 1.807) is 30.9 Å². The average Bonchev–Trinajstić information content (AvgIpc) is 2.18. The molecule has 0 aliphatic carbocycles. The van der Waals surface area contributed by atoms with E-state index in [1.807, 2.05) is 12.3 Å². The standard InChI is InChI=1S/C9H12N2O2S/c1-10-8-4-3-7(6-14-2)5-9(8)11(12)13/h3-5,10H,6H2,1-2H3. The molecule has 0 atom stereocenters. The minimum absolute atomic E-state index is 0.138. The average molecular weight is 212 g/mol. The van der Waals surface area contributed by atoms with Crippen LogP contribution >= 0.6 is 11.8 Å². The number of nitro groups is 1. The van der Waals surface area contributed by atoms with Crippen LogP contribution in [0.4, 0.5) is 11.4 Å². The van der Waals surface area contributed by atoms with Gasteiger partial charge in [-0.2, -0.15) is 11.8 Å². The summed E-state index contributed by atoms with van der Waals surface area (Å²) in [6.07, 6.45) is 1.97. The number of thioether (sulfide) groups is 1. The number of nitrogens with one attached hydrogen (secondary N) is 1. The van der Waals surface area contributed by atoms with Gasteiger partial charge in [-0.15, -0.1) is 0 Å². The monoisotopic (exact) mass is 212 g/mol. The van der Waals surface area contributed by atoms with E-state index in [-0.39, 0.29) is 10.6 Å². The number of benzene rings is 1. The fourth-order valence-corrected chi connectivity index (χ4v) is 1.71. The highest BCUT2D eigenvalue weighted by atomic mass is 32.2. The van der Waals surface area contributed by atoms with E-state index in [4.69, 9.17) is 0 Å². The van der Waals surface area contributed by atoms with Gasteiger partial charge in [0.05, 0.1) is 4.92 Å². The zero-order valence-electron chi connectivity index (χ0n) is 8.11. The van der Waals surface area contributed by atoms with Gasteiger partial charge >= 0.3 is 0 Å². The summed E-state index contributed by atoms with van der Waals surface area (Å²) in [5.74, 6) is 0.796. The van der Waals surface area contributed by atoms with Gasteiger partial charge < -0.3 is 5.32 Å². The molecular formula is C9H12N2O2S. The van der Waals surface area contributed by atoms with Crippen LogP contribution in [0.15, 0.2) is 18.2 Å². The Kier molecular flexibility index (Phi) is 3.76. The third kappa shape index (κ3) is 2.38. The topological polar surface area (TPSA) is 55.2 Å². The van der Waals surface area contributed by atoms with Crippen LogP contribution in [0.3, 0.4) is 0 Å². The molecule has 0 unspecified atom stereocenters. The van der Waals surface area contributed by atoms with Crippen molar-refractivity contribution in [2.45, 2.75) is 5.75 Å². The van der Waals surface area contributed by atoms with E-state index < -0.39 is 0 Å². The van der Waals surface area contributed by atoms with E-state index in [0.717, 1.165) is 11.3 Å². The first-order valence-corrected chi connectivity index (χ1v) is 5.52. The molecular weight excluding hydrogens is 200 g/mol. The number of nitrogens with zero attached hydrogens (tertiary/aromatic N) is 1. The van der Waals surface area contributed by atoms with Gasteiger partial charge in [0.15, 0.2) is 0 Å². The maximum atomic E-state index is 10.7. The lowest BCUT2D eigenvalue weighted by Gasteiger charge is -2.03. The molecule has 0 saturated carbocycles. The molecule has 14 heavy (non-hydrogen) atoms. The molecule has 0 saturated heterocycles. The van der Waals surface area contributed by atoms with Crippen LogP contribution in [0.5, 0.6) is 0 Å². The van der Waals surface area contributed by atoms with Gasteiger partial charge in [-0.1, -0.05) is 6.07 Å². The fraction of sp³-hybridized carbons (Fsp3) is 0.333. The molecule has 1 rings (SSSR count). The molecule has 0 bridgehead atoms. The normalized spacial score (nSPS) is 9.86. The summed E-state index contributed by atoms with van der Waals surface area (Å²) < 4.78 is 0. The van der Waals surface area contributed by atoms with Crippen LogP contribution in [0, 0.1) is 10.1 Å². The Morgan fingerprint density at radius 2 is 2.29 bits per heavy atom. The lowest BCUT2D eigenvalue weighted by atomic mass is 10.2. The molecule has 0 aromatic heterocycles. The molecule has 0 aliphatic rings. The van der Waals surface area contributed by atoms with Gasteiger partial charge in [-0.3, -0.25) is 10.1 Å². The van der Waals surface area contributed by atoms with Crippen LogP contribution in [0.25, 0.3) is 0 Å². The predicted molar refractivity (Wildman–Crippen MR) is 59.9 cm³/mol. The Hall–Kier alpha value is -1.23. The molecule has 0 radical (unpaired) electrons. The first-order valence-electron chi connectivity index (χ1n) is 4.13. The first-order chi connectivity index (χ1) is 6.69. The van der Waals surface area contributed by atoms with Crippen LogP contribution < -0.4 is 5.32 Å².